The lowest BCUT2D eigenvalue weighted by atomic mass is 10.0. The van der Waals surface area contributed by atoms with Crippen LogP contribution in [0.15, 0.2) is 24.3 Å². The maximum absolute atomic E-state index is 13.6. The Kier molecular flexibility index (Phi) is 3.68. The third-order valence-electron chi connectivity index (χ3n) is 2.81. The van der Waals surface area contributed by atoms with Crippen molar-refractivity contribution in [2.75, 3.05) is 0 Å². The number of benzene rings is 1. The predicted octanol–water partition coefficient (Wildman–Crippen LogP) is 2.80. The fourth-order valence-electron chi connectivity index (χ4n) is 1.94. The third-order valence-corrected chi connectivity index (χ3v) is 3.04. The van der Waals surface area contributed by atoms with Gasteiger partial charge in [-0.15, -0.1) is 0 Å². The minimum Gasteiger partial charge on any atom is -0.386 e. The average molecular weight is 269 g/mol. The van der Waals surface area contributed by atoms with Gasteiger partial charge in [0.05, 0.1) is 17.5 Å². The van der Waals surface area contributed by atoms with Gasteiger partial charge in [0.2, 0.25) is 0 Å². The number of hydrogen-bond acceptors (Lipinski definition) is 2. The molecular weight excluding hydrogens is 255 g/mol. The van der Waals surface area contributed by atoms with Gasteiger partial charge in [0.15, 0.2) is 0 Å². The first kappa shape index (κ1) is 13.1. The summed E-state index contributed by atoms with van der Waals surface area (Å²) in [6.45, 7) is 1.85. The van der Waals surface area contributed by atoms with E-state index in [0.29, 0.717) is 16.3 Å². The van der Waals surface area contributed by atoms with Crippen LogP contribution in [0.3, 0.4) is 0 Å². The number of rotatable bonds is 3. The summed E-state index contributed by atoms with van der Waals surface area (Å²) in [5.41, 5.74) is 1.93. The molecule has 3 nitrogen and oxygen atoms in total. The zero-order valence-electron chi connectivity index (χ0n) is 10.2. The molecule has 0 saturated carbocycles. The van der Waals surface area contributed by atoms with E-state index in [2.05, 4.69) is 5.10 Å². The first-order valence-corrected chi connectivity index (χ1v) is 5.97. The minimum absolute atomic E-state index is 0.196. The molecule has 0 aliphatic carbocycles. The highest BCUT2D eigenvalue weighted by Gasteiger charge is 2.15. The highest BCUT2D eigenvalue weighted by Crippen LogP contribution is 2.22. The van der Waals surface area contributed by atoms with Crippen molar-refractivity contribution in [3.8, 4) is 0 Å². The number of hydrogen-bond donors (Lipinski definition) is 1. The fraction of sp³-hybridized carbons (Fsp3) is 0.308. The second-order valence-electron chi connectivity index (χ2n) is 4.29. The zero-order valence-corrected chi connectivity index (χ0v) is 10.9. The first-order chi connectivity index (χ1) is 8.47. The van der Waals surface area contributed by atoms with Crippen molar-refractivity contribution in [1.82, 2.24) is 9.78 Å². The lowest BCUT2D eigenvalue weighted by Crippen LogP contribution is -2.08. The van der Waals surface area contributed by atoms with Gasteiger partial charge in [0.1, 0.15) is 5.82 Å². The molecule has 0 bridgehead atoms. The minimum atomic E-state index is -0.785. The van der Waals surface area contributed by atoms with E-state index in [1.807, 2.05) is 6.92 Å². The second kappa shape index (κ2) is 5.08. The van der Waals surface area contributed by atoms with Crippen LogP contribution in [0.5, 0.6) is 0 Å². The monoisotopic (exact) mass is 268 g/mol. The van der Waals surface area contributed by atoms with Crippen molar-refractivity contribution in [3.05, 3.63) is 52.1 Å². The molecule has 0 radical (unpaired) electrons. The van der Waals surface area contributed by atoms with E-state index in [1.165, 1.54) is 6.07 Å². The lowest BCUT2D eigenvalue weighted by molar-refractivity contribution is 0.167. The maximum atomic E-state index is 13.6. The molecule has 5 heteroatoms. The van der Waals surface area contributed by atoms with Gasteiger partial charge in [-0.05, 0) is 30.7 Å². The van der Waals surface area contributed by atoms with Crippen LogP contribution in [0.2, 0.25) is 5.02 Å². The zero-order chi connectivity index (χ0) is 13.3. The summed E-state index contributed by atoms with van der Waals surface area (Å²) < 4.78 is 15.2. The summed E-state index contributed by atoms with van der Waals surface area (Å²) in [6, 6.07) is 6.24. The second-order valence-corrected chi connectivity index (χ2v) is 4.73. The normalized spacial score (nSPS) is 12.7. The number of halogens is 2. The van der Waals surface area contributed by atoms with Crippen LogP contribution in [0.4, 0.5) is 4.39 Å². The van der Waals surface area contributed by atoms with Crippen molar-refractivity contribution < 1.29 is 9.50 Å². The molecule has 0 saturated heterocycles. The Labute approximate surface area is 110 Å². The van der Waals surface area contributed by atoms with Crippen LogP contribution >= 0.6 is 11.6 Å². The number of aryl methyl sites for hydroxylation is 2. The largest absolute Gasteiger partial charge is 0.386 e. The molecule has 0 fully saturated rings. The molecule has 0 amide bonds. The highest BCUT2D eigenvalue weighted by molar-refractivity contribution is 6.30. The molecule has 0 aliphatic rings. The molecule has 0 spiro atoms. The van der Waals surface area contributed by atoms with Crippen LogP contribution in [0, 0.1) is 12.7 Å². The molecule has 2 aromatic rings. The smallest absolute Gasteiger partial charge is 0.127 e. The summed E-state index contributed by atoms with van der Waals surface area (Å²) in [7, 11) is 1.75. The van der Waals surface area contributed by atoms with Crippen LogP contribution in [-0.2, 0) is 13.5 Å². The molecule has 96 valence electrons. The van der Waals surface area contributed by atoms with Crippen LogP contribution in [-0.4, -0.2) is 14.9 Å². The number of aromatic nitrogens is 2. The van der Waals surface area contributed by atoms with Gasteiger partial charge in [-0.25, -0.2) is 4.39 Å². The maximum Gasteiger partial charge on any atom is 0.127 e. The summed E-state index contributed by atoms with van der Waals surface area (Å²) >= 11 is 5.68. The fourth-order valence-corrected chi connectivity index (χ4v) is 2.10. The Bertz CT molecular complexity index is 568. The molecule has 1 aromatic carbocycles. The average Bonchev–Trinajstić information content (AvgIpc) is 2.62. The molecule has 18 heavy (non-hydrogen) atoms. The van der Waals surface area contributed by atoms with E-state index in [0.717, 1.165) is 5.69 Å². The first-order valence-electron chi connectivity index (χ1n) is 5.60. The summed E-state index contributed by atoms with van der Waals surface area (Å²) in [5, 5.41) is 14.6. The molecule has 1 heterocycles. The Morgan fingerprint density at radius 2 is 2.17 bits per heavy atom. The van der Waals surface area contributed by atoms with Gasteiger partial charge in [0, 0.05) is 18.5 Å². The Hall–Kier alpha value is -1.39. The van der Waals surface area contributed by atoms with Gasteiger partial charge in [0.25, 0.3) is 0 Å². The van der Waals surface area contributed by atoms with Crippen LogP contribution in [0.1, 0.15) is 23.1 Å². The number of aliphatic hydroxyl groups excluding tert-OH is 1. The molecule has 1 unspecified atom stereocenters. The predicted molar refractivity (Wildman–Crippen MR) is 68.0 cm³/mol. The molecule has 1 atom stereocenters. The molecule has 1 N–H and O–H groups in total. The van der Waals surface area contributed by atoms with Gasteiger partial charge in [-0.2, -0.15) is 5.10 Å². The van der Waals surface area contributed by atoms with Crippen molar-refractivity contribution in [3.63, 3.8) is 0 Å². The van der Waals surface area contributed by atoms with Crippen molar-refractivity contribution in [1.29, 1.82) is 0 Å². The van der Waals surface area contributed by atoms with Crippen molar-refractivity contribution in [2.45, 2.75) is 19.4 Å². The lowest BCUT2D eigenvalue weighted by Gasteiger charge is -2.11. The molecular formula is C13H14ClFN2O. The summed E-state index contributed by atoms with van der Waals surface area (Å²) in [4.78, 5) is 0. The van der Waals surface area contributed by atoms with Gasteiger partial charge < -0.3 is 5.11 Å². The van der Waals surface area contributed by atoms with E-state index in [-0.39, 0.29) is 6.42 Å². The van der Waals surface area contributed by atoms with Crippen LogP contribution < -0.4 is 0 Å². The van der Waals surface area contributed by atoms with E-state index in [9.17, 15) is 9.50 Å². The quantitative estimate of drug-likeness (QED) is 0.930. The van der Waals surface area contributed by atoms with E-state index >= 15 is 0 Å². The summed E-state index contributed by atoms with van der Waals surface area (Å²) in [6.07, 6.45) is -0.589. The van der Waals surface area contributed by atoms with E-state index < -0.39 is 11.9 Å². The number of aliphatic hydroxyl groups is 1. The third kappa shape index (κ3) is 2.71. The van der Waals surface area contributed by atoms with Crippen LogP contribution in [0.25, 0.3) is 0 Å². The van der Waals surface area contributed by atoms with Crippen molar-refractivity contribution >= 4 is 11.6 Å². The van der Waals surface area contributed by atoms with Gasteiger partial charge in [-0.1, -0.05) is 17.7 Å². The Morgan fingerprint density at radius 3 is 2.72 bits per heavy atom. The Morgan fingerprint density at radius 1 is 1.44 bits per heavy atom. The highest BCUT2D eigenvalue weighted by atomic mass is 35.5. The summed E-state index contributed by atoms with van der Waals surface area (Å²) in [5.74, 6) is -0.402. The van der Waals surface area contributed by atoms with E-state index in [1.54, 1.807) is 29.9 Å². The topological polar surface area (TPSA) is 38.0 Å². The van der Waals surface area contributed by atoms with Crippen molar-refractivity contribution in [2.24, 2.45) is 7.05 Å². The Balaban J connectivity index is 2.21. The van der Waals surface area contributed by atoms with Gasteiger partial charge in [-0.3, -0.25) is 4.68 Å². The standard InChI is InChI=1S/C13H14ClFN2O/c1-8-5-12(17(2)16-8)13(18)6-9-3-4-10(14)7-11(9)15/h3-5,7,13,18H,6H2,1-2H3. The van der Waals surface area contributed by atoms with Gasteiger partial charge >= 0.3 is 0 Å². The number of nitrogens with zero attached hydrogens (tertiary/aromatic N) is 2. The molecule has 1 aromatic heterocycles. The SMILES string of the molecule is Cc1cc(C(O)Cc2ccc(Cl)cc2F)n(C)n1. The molecule has 2 rings (SSSR count). The molecule has 0 aliphatic heterocycles. The van der Waals surface area contributed by atoms with E-state index in [4.69, 9.17) is 11.6 Å².